The monoisotopic (exact) mass is 359 g/mol. The predicted molar refractivity (Wildman–Crippen MR) is 86.0 cm³/mol. The molecule has 1 aromatic rings. The molecule has 0 radical (unpaired) electrons. The van der Waals surface area contributed by atoms with Crippen LogP contribution in [0.1, 0.15) is 12.8 Å². The van der Waals surface area contributed by atoms with Crippen LogP contribution >= 0.6 is 27.7 Å². The average molecular weight is 360 g/mol. The third kappa shape index (κ3) is 3.28. The Morgan fingerprint density at radius 2 is 1.90 bits per heavy atom. The largest absolute Gasteiger partial charge is 0.354 e. The van der Waals surface area contributed by atoms with Crippen molar-refractivity contribution in [3.63, 3.8) is 0 Å². The summed E-state index contributed by atoms with van der Waals surface area (Å²) in [5.41, 5.74) is 0. The van der Waals surface area contributed by atoms with Gasteiger partial charge in [-0.2, -0.15) is 11.8 Å². The smallest absolute Gasteiger partial charge is 0.166 e. The van der Waals surface area contributed by atoms with E-state index in [1.165, 1.54) is 30.7 Å². The Kier molecular flexibility index (Phi) is 4.83. The predicted octanol–water partition coefficient (Wildman–Crippen LogP) is 3.00. The summed E-state index contributed by atoms with van der Waals surface area (Å²) in [6.45, 7) is 4.22. The van der Waals surface area contributed by atoms with Gasteiger partial charge in [-0.3, -0.25) is 4.90 Å². The summed E-state index contributed by atoms with van der Waals surface area (Å²) in [7, 11) is 0. The Hall–Kier alpha value is -0.330. The Bertz CT molecular complexity index is 460. The molecule has 2 saturated heterocycles. The van der Waals surface area contributed by atoms with E-state index in [1.807, 2.05) is 11.8 Å². The normalized spacial score (nSPS) is 22.2. The van der Waals surface area contributed by atoms with Crippen molar-refractivity contribution in [2.24, 2.45) is 0 Å². The van der Waals surface area contributed by atoms with Crippen molar-refractivity contribution < 1.29 is 4.39 Å². The number of halogens is 2. The summed E-state index contributed by atoms with van der Waals surface area (Å²) in [6, 6.07) is 2.17. The van der Waals surface area contributed by atoms with E-state index >= 15 is 0 Å². The van der Waals surface area contributed by atoms with E-state index in [0.717, 1.165) is 25.9 Å². The summed E-state index contributed by atoms with van der Waals surface area (Å²) >= 11 is 5.30. The number of rotatable bonds is 2. The summed E-state index contributed by atoms with van der Waals surface area (Å²) < 4.78 is 14.6. The minimum atomic E-state index is -0.229. The van der Waals surface area contributed by atoms with Crippen molar-refractivity contribution in [3.05, 3.63) is 22.6 Å². The van der Waals surface area contributed by atoms with Crippen LogP contribution in [0.15, 0.2) is 16.7 Å². The van der Waals surface area contributed by atoms with E-state index in [4.69, 9.17) is 0 Å². The maximum atomic E-state index is 13.9. The van der Waals surface area contributed by atoms with Gasteiger partial charge < -0.3 is 4.90 Å². The number of hydrogen-bond donors (Lipinski definition) is 0. The lowest BCUT2D eigenvalue weighted by Gasteiger charge is -2.40. The van der Waals surface area contributed by atoms with Crippen LogP contribution in [-0.2, 0) is 0 Å². The van der Waals surface area contributed by atoms with E-state index in [2.05, 4.69) is 30.7 Å². The molecule has 0 bridgehead atoms. The Balaban J connectivity index is 1.60. The van der Waals surface area contributed by atoms with E-state index in [-0.39, 0.29) is 5.82 Å². The van der Waals surface area contributed by atoms with Gasteiger partial charge in [-0.15, -0.1) is 0 Å². The van der Waals surface area contributed by atoms with E-state index < -0.39 is 0 Å². The minimum absolute atomic E-state index is 0.229. The third-order valence-corrected chi connectivity index (χ3v) is 5.49. The van der Waals surface area contributed by atoms with Gasteiger partial charge in [-0.1, -0.05) is 0 Å². The van der Waals surface area contributed by atoms with Gasteiger partial charge >= 0.3 is 0 Å². The number of aromatic nitrogens is 1. The molecule has 2 aliphatic rings. The van der Waals surface area contributed by atoms with Crippen LogP contribution in [0.2, 0.25) is 0 Å². The van der Waals surface area contributed by atoms with Crippen molar-refractivity contribution in [3.8, 4) is 0 Å². The van der Waals surface area contributed by atoms with Crippen LogP contribution in [0.5, 0.6) is 0 Å². The number of hydrogen-bond acceptors (Lipinski definition) is 4. The summed E-state index contributed by atoms with van der Waals surface area (Å²) in [5, 5.41) is 0. The van der Waals surface area contributed by atoms with Gasteiger partial charge in [-0.25, -0.2) is 9.37 Å². The second-order valence-corrected chi connectivity index (χ2v) is 7.47. The fraction of sp³-hybridized carbons (Fsp3) is 0.643. The van der Waals surface area contributed by atoms with Crippen LogP contribution in [-0.4, -0.2) is 53.6 Å². The van der Waals surface area contributed by atoms with Gasteiger partial charge in [0, 0.05) is 54.4 Å². The summed E-state index contributed by atoms with van der Waals surface area (Å²) in [6.07, 6.45) is 3.90. The first kappa shape index (κ1) is 14.6. The molecule has 0 spiro atoms. The zero-order valence-corrected chi connectivity index (χ0v) is 13.8. The number of anilines is 1. The molecule has 110 valence electrons. The molecule has 1 aromatic heterocycles. The van der Waals surface area contributed by atoms with Crippen LogP contribution in [0.3, 0.4) is 0 Å². The lowest BCUT2D eigenvalue weighted by atomic mass is 10.0. The van der Waals surface area contributed by atoms with Crippen LogP contribution in [0.4, 0.5) is 10.2 Å². The molecule has 0 aliphatic carbocycles. The summed E-state index contributed by atoms with van der Waals surface area (Å²) in [5.74, 6) is 2.78. The summed E-state index contributed by atoms with van der Waals surface area (Å²) in [4.78, 5) is 8.92. The van der Waals surface area contributed by atoms with Crippen molar-refractivity contribution >= 4 is 33.5 Å². The standard InChI is InChI=1S/C14H19BrFN3S/c15-11-9-13(16)14(17-10-11)19-3-1-12(2-4-19)18-5-7-20-8-6-18/h9-10,12H,1-8H2. The van der Waals surface area contributed by atoms with Gasteiger partial charge in [0.05, 0.1) is 0 Å². The Morgan fingerprint density at radius 1 is 1.20 bits per heavy atom. The highest BCUT2D eigenvalue weighted by atomic mass is 79.9. The maximum absolute atomic E-state index is 13.9. The first-order valence-corrected chi connectivity index (χ1v) is 9.06. The molecule has 0 N–H and O–H groups in total. The number of thioether (sulfide) groups is 1. The number of nitrogens with zero attached hydrogens (tertiary/aromatic N) is 3. The molecule has 3 nitrogen and oxygen atoms in total. The molecule has 6 heteroatoms. The second-order valence-electron chi connectivity index (χ2n) is 5.33. The molecule has 0 unspecified atom stereocenters. The van der Waals surface area contributed by atoms with Crippen LogP contribution in [0.25, 0.3) is 0 Å². The highest BCUT2D eigenvalue weighted by Crippen LogP contribution is 2.26. The highest BCUT2D eigenvalue weighted by molar-refractivity contribution is 9.10. The zero-order chi connectivity index (χ0) is 13.9. The molecule has 0 amide bonds. The fourth-order valence-electron chi connectivity index (χ4n) is 3.03. The zero-order valence-electron chi connectivity index (χ0n) is 11.4. The van der Waals surface area contributed by atoms with E-state index in [9.17, 15) is 4.39 Å². The lowest BCUT2D eigenvalue weighted by molar-refractivity contribution is 0.185. The van der Waals surface area contributed by atoms with Gasteiger partial charge in [0.15, 0.2) is 11.6 Å². The topological polar surface area (TPSA) is 19.4 Å². The van der Waals surface area contributed by atoms with E-state index in [1.54, 1.807) is 6.20 Å². The highest BCUT2D eigenvalue weighted by Gasteiger charge is 2.27. The maximum Gasteiger partial charge on any atom is 0.166 e. The van der Waals surface area contributed by atoms with E-state index in [0.29, 0.717) is 16.3 Å². The molecular weight excluding hydrogens is 341 g/mol. The van der Waals surface area contributed by atoms with Crippen LogP contribution in [0, 0.1) is 5.82 Å². The Morgan fingerprint density at radius 3 is 2.55 bits per heavy atom. The average Bonchev–Trinajstić information content (AvgIpc) is 2.48. The van der Waals surface area contributed by atoms with Crippen molar-refractivity contribution in [2.45, 2.75) is 18.9 Å². The van der Waals surface area contributed by atoms with Gasteiger partial charge in [0.1, 0.15) is 0 Å². The van der Waals surface area contributed by atoms with Gasteiger partial charge in [0.2, 0.25) is 0 Å². The van der Waals surface area contributed by atoms with Gasteiger partial charge in [-0.05, 0) is 34.8 Å². The van der Waals surface area contributed by atoms with Crippen molar-refractivity contribution in [2.75, 3.05) is 42.6 Å². The fourth-order valence-corrected chi connectivity index (χ4v) is 4.26. The number of piperidine rings is 1. The number of pyridine rings is 1. The van der Waals surface area contributed by atoms with Crippen molar-refractivity contribution in [1.82, 2.24) is 9.88 Å². The lowest BCUT2D eigenvalue weighted by Crippen LogP contribution is -2.48. The first-order chi connectivity index (χ1) is 9.74. The third-order valence-electron chi connectivity index (χ3n) is 4.11. The second kappa shape index (κ2) is 6.62. The Labute approximate surface area is 132 Å². The molecule has 3 heterocycles. The molecule has 0 aromatic carbocycles. The van der Waals surface area contributed by atoms with Gasteiger partial charge in [0.25, 0.3) is 0 Å². The minimum Gasteiger partial charge on any atom is -0.354 e. The van der Waals surface area contributed by atoms with Crippen LogP contribution < -0.4 is 4.90 Å². The molecule has 0 saturated carbocycles. The SMILES string of the molecule is Fc1cc(Br)cnc1N1CCC(N2CCSCC2)CC1. The molecular formula is C14H19BrFN3S. The quantitative estimate of drug-likeness (QED) is 0.807. The molecule has 2 fully saturated rings. The first-order valence-electron chi connectivity index (χ1n) is 7.12. The molecule has 0 atom stereocenters. The van der Waals surface area contributed by atoms with Crippen molar-refractivity contribution in [1.29, 1.82) is 0 Å². The molecule has 20 heavy (non-hydrogen) atoms. The molecule has 3 rings (SSSR count). The molecule has 2 aliphatic heterocycles.